The first-order valence-electron chi connectivity index (χ1n) is 11.3. The van der Waals surface area contributed by atoms with Gasteiger partial charge in [0.1, 0.15) is 11.6 Å². The molecule has 0 amide bonds. The van der Waals surface area contributed by atoms with Crippen LogP contribution in [0.5, 0.6) is 5.75 Å². The number of fused-ring (bicyclic) bond motifs is 1. The summed E-state index contributed by atoms with van der Waals surface area (Å²) in [5, 5.41) is 8.89. The lowest BCUT2D eigenvalue weighted by molar-refractivity contribution is -0.131. The lowest BCUT2D eigenvalue weighted by atomic mass is 9.77. The zero-order valence-electron chi connectivity index (χ0n) is 19.9. The lowest BCUT2D eigenvalue weighted by Crippen LogP contribution is -2.12. The van der Waals surface area contributed by atoms with E-state index in [0.29, 0.717) is 41.8 Å². The zero-order chi connectivity index (χ0) is 24.0. The number of hydrogen-bond acceptors (Lipinski definition) is 2. The van der Waals surface area contributed by atoms with Gasteiger partial charge in [-0.1, -0.05) is 39.8 Å². The number of aliphatic carboxylic acids is 1. The van der Waals surface area contributed by atoms with E-state index >= 15 is 4.39 Å². The van der Waals surface area contributed by atoms with Gasteiger partial charge in [0, 0.05) is 11.6 Å². The van der Waals surface area contributed by atoms with Gasteiger partial charge in [-0.3, -0.25) is 0 Å². The van der Waals surface area contributed by atoms with E-state index in [1.807, 2.05) is 13.8 Å². The molecule has 1 N–H and O–H groups in total. The molecule has 32 heavy (non-hydrogen) atoms. The summed E-state index contributed by atoms with van der Waals surface area (Å²) in [4.78, 5) is 10.9. The molecular weight excluding hydrogens is 471 g/mol. The summed E-state index contributed by atoms with van der Waals surface area (Å²) in [6, 6.07) is 2.09. The molecule has 1 aromatic carbocycles. The van der Waals surface area contributed by atoms with Crippen LogP contribution >= 0.6 is 15.9 Å². The van der Waals surface area contributed by atoms with Gasteiger partial charge in [-0.05, 0) is 101 Å². The number of benzene rings is 1. The summed E-state index contributed by atoms with van der Waals surface area (Å²) in [5.41, 5.74) is 5.44. The summed E-state index contributed by atoms with van der Waals surface area (Å²) in [5.74, 6) is -0.0364. The first kappa shape index (κ1) is 26.1. The van der Waals surface area contributed by atoms with Crippen LogP contribution < -0.4 is 4.74 Å². The first-order chi connectivity index (χ1) is 15.2. The predicted octanol–water partition coefficient (Wildman–Crippen LogP) is 8.46. The fourth-order valence-electron chi connectivity index (χ4n) is 4.13. The van der Waals surface area contributed by atoms with E-state index in [2.05, 4.69) is 48.8 Å². The monoisotopic (exact) mass is 504 g/mol. The molecule has 0 aliphatic heterocycles. The van der Waals surface area contributed by atoms with E-state index in [0.717, 1.165) is 34.5 Å². The summed E-state index contributed by atoms with van der Waals surface area (Å²) in [6.45, 7) is 12.6. The second-order valence-corrected chi connectivity index (χ2v) is 9.10. The maximum atomic E-state index is 15.4. The van der Waals surface area contributed by atoms with Crippen molar-refractivity contribution in [1.82, 2.24) is 0 Å². The van der Waals surface area contributed by atoms with Crippen molar-refractivity contribution in [3.8, 4) is 5.75 Å². The highest BCUT2D eigenvalue weighted by Crippen LogP contribution is 2.49. The molecule has 174 valence electrons. The van der Waals surface area contributed by atoms with Gasteiger partial charge in [-0.25, -0.2) is 9.18 Å². The van der Waals surface area contributed by atoms with Crippen molar-refractivity contribution >= 4 is 33.0 Å². The quantitative estimate of drug-likeness (QED) is 0.271. The molecule has 1 aromatic rings. The van der Waals surface area contributed by atoms with Crippen molar-refractivity contribution in [1.29, 1.82) is 0 Å². The molecule has 2 unspecified atom stereocenters. The van der Waals surface area contributed by atoms with Gasteiger partial charge in [0.05, 0.1) is 11.1 Å². The number of allylic oxidation sites excluding steroid dienone is 7. The van der Waals surface area contributed by atoms with Crippen LogP contribution in [0.2, 0.25) is 0 Å². The van der Waals surface area contributed by atoms with Crippen LogP contribution in [0, 0.1) is 5.92 Å². The van der Waals surface area contributed by atoms with Crippen LogP contribution in [0.15, 0.2) is 46.2 Å². The number of carboxylic acids is 1. The average molecular weight is 505 g/mol. The molecule has 0 spiro atoms. The molecule has 0 saturated heterocycles. The standard InChI is InChI=1S/C27H34BrFO3/c1-7-17(5)20-12-11-18(6)25-21(20)15-22(27(26(25)28)32-9-3)19(8-2)23(29)13-10-16(4)14-24(30)31/h10,12-15,17-18H,7-9,11H2,1-6H3,(H,30,31)/b13-10+,16-14+,23-19+. The number of carboxylic acid groups (broad SMARTS) is 1. The number of carbonyl (C=O) groups is 1. The molecule has 1 aliphatic carbocycles. The fraction of sp³-hybridized carbons (Fsp3) is 0.444. The van der Waals surface area contributed by atoms with Gasteiger partial charge >= 0.3 is 5.97 Å². The number of ether oxygens (including phenoxy) is 1. The van der Waals surface area contributed by atoms with Crippen LogP contribution in [0.4, 0.5) is 4.39 Å². The second-order valence-electron chi connectivity index (χ2n) is 8.31. The lowest BCUT2D eigenvalue weighted by Gasteiger charge is -2.30. The van der Waals surface area contributed by atoms with Crippen molar-refractivity contribution < 1.29 is 19.0 Å². The van der Waals surface area contributed by atoms with Crippen molar-refractivity contribution in [3.63, 3.8) is 0 Å². The Morgan fingerprint density at radius 1 is 1.34 bits per heavy atom. The van der Waals surface area contributed by atoms with Crippen molar-refractivity contribution in [3.05, 3.63) is 62.9 Å². The van der Waals surface area contributed by atoms with Gasteiger partial charge in [-0.15, -0.1) is 0 Å². The first-order valence-corrected chi connectivity index (χ1v) is 12.1. The summed E-state index contributed by atoms with van der Waals surface area (Å²) in [7, 11) is 0. The molecule has 0 aromatic heterocycles. The Labute approximate surface area is 199 Å². The highest BCUT2D eigenvalue weighted by Gasteiger charge is 2.28. The largest absolute Gasteiger partial charge is 0.492 e. The van der Waals surface area contributed by atoms with E-state index in [1.54, 1.807) is 6.92 Å². The normalized spacial score (nSPS) is 18.2. The Balaban J connectivity index is 2.76. The minimum absolute atomic E-state index is 0.336. The van der Waals surface area contributed by atoms with Gasteiger partial charge in [0.25, 0.3) is 0 Å². The average Bonchev–Trinajstić information content (AvgIpc) is 2.74. The molecule has 2 atom stereocenters. The van der Waals surface area contributed by atoms with Crippen LogP contribution in [0.25, 0.3) is 11.1 Å². The van der Waals surface area contributed by atoms with E-state index in [9.17, 15) is 4.79 Å². The third-order valence-electron chi connectivity index (χ3n) is 6.00. The minimum atomic E-state index is -1.05. The highest BCUT2D eigenvalue weighted by atomic mass is 79.9. The number of hydrogen-bond donors (Lipinski definition) is 1. The van der Waals surface area contributed by atoms with Crippen LogP contribution in [-0.2, 0) is 4.79 Å². The minimum Gasteiger partial charge on any atom is -0.492 e. The van der Waals surface area contributed by atoms with Crippen LogP contribution in [0.1, 0.15) is 83.4 Å². The third-order valence-corrected chi connectivity index (χ3v) is 6.78. The molecule has 0 bridgehead atoms. The van der Waals surface area contributed by atoms with Crippen LogP contribution in [-0.4, -0.2) is 17.7 Å². The Morgan fingerprint density at radius 2 is 2.03 bits per heavy atom. The van der Waals surface area contributed by atoms with Gasteiger partial charge in [-0.2, -0.15) is 0 Å². The van der Waals surface area contributed by atoms with Crippen molar-refractivity contribution in [2.24, 2.45) is 5.92 Å². The third kappa shape index (κ3) is 5.80. The number of rotatable bonds is 9. The van der Waals surface area contributed by atoms with Crippen molar-refractivity contribution in [2.45, 2.75) is 66.7 Å². The Hall–Kier alpha value is -2.14. The van der Waals surface area contributed by atoms with Crippen LogP contribution in [0.3, 0.4) is 0 Å². The molecule has 0 radical (unpaired) electrons. The highest BCUT2D eigenvalue weighted by molar-refractivity contribution is 9.10. The fourth-order valence-corrected chi connectivity index (χ4v) is 5.06. The smallest absolute Gasteiger partial charge is 0.328 e. The van der Waals surface area contributed by atoms with Gasteiger partial charge in [0.15, 0.2) is 0 Å². The van der Waals surface area contributed by atoms with Gasteiger partial charge in [0.2, 0.25) is 0 Å². The summed E-state index contributed by atoms with van der Waals surface area (Å²) < 4.78 is 22.3. The maximum Gasteiger partial charge on any atom is 0.328 e. The Bertz CT molecular complexity index is 985. The molecule has 0 saturated carbocycles. The Kier molecular flexibility index (Phi) is 9.50. The van der Waals surface area contributed by atoms with E-state index in [-0.39, 0.29) is 0 Å². The molecular formula is C27H34BrFO3. The Morgan fingerprint density at radius 3 is 2.59 bits per heavy atom. The molecule has 0 fully saturated rings. The molecule has 0 heterocycles. The van der Waals surface area contributed by atoms with E-state index in [1.165, 1.54) is 23.3 Å². The summed E-state index contributed by atoms with van der Waals surface area (Å²) >= 11 is 3.80. The van der Waals surface area contributed by atoms with Gasteiger partial charge < -0.3 is 9.84 Å². The topological polar surface area (TPSA) is 46.5 Å². The zero-order valence-corrected chi connectivity index (χ0v) is 21.5. The predicted molar refractivity (Wildman–Crippen MR) is 135 cm³/mol. The maximum absolute atomic E-state index is 15.4. The molecule has 2 rings (SSSR count). The van der Waals surface area contributed by atoms with Crippen molar-refractivity contribution in [2.75, 3.05) is 6.61 Å². The SMILES string of the molecule is CCOc1c(\C(CC)=C(F)/C=C/C(C)=C/C(=O)O)cc2c(c1Br)C(C)CC=C2C(C)CC. The number of halogens is 2. The van der Waals surface area contributed by atoms with E-state index < -0.39 is 11.8 Å². The molecule has 1 aliphatic rings. The molecule has 5 heteroatoms. The van der Waals surface area contributed by atoms with E-state index in [4.69, 9.17) is 9.84 Å². The summed E-state index contributed by atoms with van der Waals surface area (Å²) in [6.07, 6.45) is 8.68. The molecule has 3 nitrogen and oxygen atoms in total. The second kappa shape index (κ2) is 11.6.